The lowest BCUT2D eigenvalue weighted by Crippen LogP contribution is -1.89. The highest BCUT2D eigenvalue weighted by Gasteiger charge is 2.20. The van der Waals surface area contributed by atoms with Gasteiger partial charge in [-0.2, -0.15) is 0 Å². The molecular formula is C16H16. The van der Waals surface area contributed by atoms with Gasteiger partial charge in [0.15, 0.2) is 0 Å². The Bertz CT molecular complexity index is 577. The summed E-state index contributed by atoms with van der Waals surface area (Å²) in [6.07, 6.45) is 1.11. The zero-order valence-electron chi connectivity index (χ0n) is 10.1. The molecule has 3 rings (SSSR count). The monoisotopic (exact) mass is 208 g/mol. The smallest absolute Gasteiger partial charge is 0.00106 e. The van der Waals surface area contributed by atoms with Gasteiger partial charge < -0.3 is 0 Å². The van der Waals surface area contributed by atoms with Crippen LogP contribution in [0.5, 0.6) is 0 Å². The van der Waals surface area contributed by atoms with Crippen molar-refractivity contribution in [2.45, 2.75) is 27.2 Å². The Balaban J connectivity index is 2.27. The molecule has 0 saturated heterocycles. The largest absolute Gasteiger partial charge is 0.0587 e. The molecule has 0 nitrogen and oxygen atoms in total. The summed E-state index contributed by atoms with van der Waals surface area (Å²) in [7, 11) is 0. The molecule has 0 unspecified atom stereocenters. The predicted octanol–water partition coefficient (Wildman–Crippen LogP) is 4.18. The van der Waals surface area contributed by atoms with Crippen molar-refractivity contribution in [3.05, 3.63) is 58.1 Å². The Morgan fingerprint density at radius 3 is 2.44 bits per heavy atom. The maximum Gasteiger partial charge on any atom is -0.00106 e. The van der Waals surface area contributed by atoms with Crippen LogP contribution in [0.1, 0.15) is 27.8 Å². The van der Waals surface area contributed by atoms with E-state index in [9.17, 15) is 0 Å². The summed E-state index contributed by atoms with van der Waals surface area (Å²) < 4.78 is 0. The number of rotatable bonds is 0. The lowest BCUT2D eigenvalue weighted by atomic mass is 9.98. The second-order valence-electron chi connectivity index (χ2n) is 4.87. The highest BCUT2D eigenvalue weighted by molar-refractivity contribution is 5.78. The minimum absolute atomic E-state index is 1.11. The molecule has 0 aromatic heterocycles. The maximum absolute atomic E-state index is 2.32. The quantitative estimate of drug-likeness (QED) is 0.520. The van der Waals surface area contributed by atoms with Crippen molar-refractivity contribution in [3.63, 3.8) is 0 Å². The van der Waals surface area contributed by atoms with Crippen molar-refractivity contribution in [1.29, 1.82) is 0 Å². The number of benzene rings is 2. The van der Waals surface area contributed by atoms with Crippen LogP contribution in [0.15, 0.2) is 30.3 Å². The van der Waals surface area contributed by atoms with Gasteiger partial charge in [0.25, 0.3) is 0 Å². The maximum atomic E-state index is 2.32. The SMILES string of the molecule is Cc1ccc2c(c1)Cc1c-2ccc(C)c1C. The van der Waals surface area contributed by atoms with E-state index in [1.165, 1.54) is 38.9 Å². The number of aryl methyl sites for hydroxylation is 2. The Hall–Kier alpha value is -1.56. The summed E-state index contributed by atoms with van der Waals surface area (Å²) in [6.45, 7) is 6.61. The molecule has 1 aliphatic carbocycles. The zero-order valence-corrected chi connectivity index (χ0v) is 10.1. The molecule has 80 valence electrons. The van der Waals surface area contributed by atoms with E-state index in [4.69, 9.17) is 0 Å². The molecule has 0 aliphatic heterocycles. The van der Waals surface area contributed by atoms with Gasteiger partial charge in [-0.1, -0.05) is 35.9 Å². The third-order valence-corrected chi connectivity index (χ3v) is 3.79. The van der Waals surface area contributed by atoms with Crippen molar-refractivity contribution in [3.8, 4) is 11.1 Å². The van der Waals surface area contributed by atoms with Crippen LogP contribution in [-0.4, -0.2) is 0 Å². The second-order valence-corrected chi connectivity index (χ2v) is 4.87. The van der Waals surface area contributed by atoms with Crippen molar-refractivity contribution in [2.24, 2.45) is 0 Å². The standard InChI is InChI=1S/C16H16/c1-10-4-6-14-13(8-10)9-16-12(3)11(2)5-7-15(14)16/h4-8H,9H2,1-3H3. The van der Waals surface area contributed by atoms with Crippen molar-refractivity contribution in [1.82, 2.24) is 0 Å². The normalized spacial score (nSPS) is 12.4. The first kappa shape index (κ1) is 9.65. The predicted molar refractivity (Wildman–Crippen MR) is 68.9 cm³/mol. The molecule has 0 atom stereocenters. The molecule has 0 bridgehead atoms. The Kier molecular flexibility index (Phi) is 1.94. The summed E-state index contributed by atoms with van der Waals surface area (Å²) >= 11 is 0. The molecule has 1 aliphatic rings. The van der Waals surface area contributed by atoms with E-state index >= 15 is 0 Å². The third-order valence-electron chi connectivity index (χ3n) is 3.79. The van der Waals surface area contributed by atoms with Crippen LogP contribution in [0, 0.1) is 20.8 Å². The van der Waals surface area contributed by atoms with E-state index in [0.717, 1.165) is 6.42 Å². The van der Waals surface area contributed by atoms with Gasteiger partial charge in [0.2, 0.25) is 0 Å². The van der Waals surface area contributed by atoms with E-state index in [1.54, 1.807) is 0 Å². The van der Waals surface area contributed by atoms with Crippen LogP contribution in [0.4, 0.5) is 0 Å². The average molecular weight is 208 g/mol. The molecule has 0 N–H and O–H groups in total. The third kappa shape index (κ3) is 1.23. The van der Waals surface area contributed by atoms with Gasteiger partial charge in [-0.25, -0.2) is 0 Å². The van der Waals surface area contributed by atoms with Gasteiger partial charge in [-0.3, -0.25) is 0 Å². The zero-order chi connectivity index (χ0) is 11.3. The van der Waals surface area contributed by atoms with Gasteiger partial charge in [0.1, 0.15) is 0 Å². The van der Waals surface area contributed by atoms with Crippen LogP contribution < -0.4 is 0 Å². The second kappa shape index (κ2) is 3.21. The van der Waals surface area contributed by atoms with Crippen LogP contribution in [-0.2, 0) is 6.42 Å². The lowest BCUT2D eigenvalue weighted by Gasteiger charge is -2.07. The minimum Gasteiger partial charge on any atom is -0.0587 e. The highest BCUT2D eigenvalue weighted by atomic mass is 14.2. The summed E-state index contributed by atoms with van der Waals surface area (Å²) in [6, 6.07) is 11.3. The molecule has 0 radical (unpaired) electrons. The molecule has 0 saturated carbocycles. The Morgan fingerprint density at radius 2 is 1.62 bits per heavy atom. The van der Waals surface area contributed by atoms with Gasteiger partial charge >= 0.3 is 0 Å². The van der Waals surface area contributed by atoms with E-state index in [2.05, 4.69) is 51.1 Å². The Morgan fingerprint density at radius 1 is 0.875 bits per heavy atom. The molecule has 0 heteroatoms. The summed E-state index contributed by atoms with van der Waals surface area (Å²) in [4.78, 5) is 0. The fourth-order valence-electron chi connectivity index (χ4n) is 2.68. The molecule has 0 amide bonds. The molecule has 0 spiro atoms. The van der Waals surface area contributed by atoms with Crippen LogP contribution in [0.2, 0.25) is 0 Å². The minimum atomic E-state index is 1.11. The lowest BCUT2D eigenvalue weighted by molar-refractivity contribution is 1.18. The van der Waals surface area contributed by atoms with E-state index in [0.29, 0.717) is 0 Å². The molecule has 0 fully saturated rings. The summed E-state index contributed by atoms with van der Waals surface area (Å²) in [5.74, 6) is 0. The summed E-state index contributed by atoms with van der Waals surface area (Å²) in [5.41, 5.74) is 10.1. The van der Waals surface area contributed by atoms with Crippen LogP contribution >= 0.6 is 0 Å². The van der Waals surface area contributed by atoms with Gasteiger partial charge in [0, 0.05) is 0 Å². The number of hydrogen-bond acceptors (Lipinski definition) is 0. The molecule has 2 aromatic carbocycles. The van der Waals surface area contributed by atoms with Crippen LogP contribution in [0.25, 0.3) is 11.1 Å². The topological polar surface area (TPSA) is 0 Å². The fourth-order valence-corrected chi connectivity index (χ4v) is 2.68. The van der Waals surface area contributed by atoms with Crippen LogP contribution in [0.3, 0.4) is 0 Å². The summed E-state index contributed by atoms with van der Waals surface area (Å²) in [5, 5.41) is 0. The molecule has 0 heterocycles. The molecular weight excluding hydrogens is 192 g/mol. The molecule has 16 heavy (non-hydrogen) atoms. The van der Waals surface area contributed by atoms with Crippen molar-refractivity contribution >= 4 is 0 Å². The highest BCUT2D eigenvalue weighted by Crippen LogP contribution is 2.39. The van der Waals surface area contributed by atoms with Crippen molar-refractivity contribution in [2.75, 3.05) is 0 Å². The van der Waals surface area contributed by atoms with Gasteiger partial charge in [-0.05, 0) is 60.6 Å². The fraction of sp³-hybridized carbons (Fsp3) is 0.250. The number of fused-ring (bicyclic) bond motifs is 3. The first-order valence-electron chi connectivity index (χ1n) is 5.86. The number of hydrogen-bond donors (Lipinski definition) is 0. The van der Waals surface area contributed by atoms with E-state index in [-0.39, 0.29) is 0 Å². The van der Waals surface area contributed by atoms with E-state index < -0.39 is 0 Å². The first-order valence-corrected chi connectivity index (χ1v) is 5.86. The van der Waals surface area contributed by atoms with Gasteiger partial charge in [-0.15, -0.1) is 0 Å². The average Bonchev–Trinajstić information content (AvgIpc) is 2.62. The Labute approximate surface area is 96.9 Å². The first-order chi connectivity index (χ1) is 7.66. The van der Waals surface area contributed by atoms with Gasteiger partial charge in [0.05, 0.1) is 0 Å². The molecule has 2 aromatic rings. The van der Waals surface area contributed by atoms with Crippen molar-refractivity contribution < 1.29 is 0 Å². The van der Waals surface area contributed by atoms with E-state index in [1.807, 2.05) is 0 Å².